The quantitative estimate of drug-likeness (QED) is 0.887. The van der Waals surface area contributed by atoms with Gasteiger partial charge in [-0.2, -0.15) is 0 Å². The van der Waals surface area contributed by atoms with Gasteiger partial charge in [0.2, 0.25) is 0 Å². The van der Waals surface area contributed by atoms with Gasteiger partial charge in [0.1, 0.15) is 0 Å². The lowest BCUT2D eigenvalue weighted by molar-refractivity contribution is 0.186. The summed E-state index contributed by atoms with van der Waals surface area (Å²) in [6.07, 6.45) is 8.10. The van der Waals surface area contributed by atoms with E-state index in [0.29, 0.717) is 0 Å². The summed E-state index contributed by atoms with van der Waals surface area (Å²) < 4.78 is 0. The third kappa shape index (κ3) is 2.94. The van der Waals surface area contributed by atoms with E-state index < -0.39 is 0 Å². The van der Waals surface area contributed by atoms with Gasteiger partial charge in [0.05, 0.1) is 0 Å². The van der Waals surface area contributed by atoms with E-state index in [2.05, 4.69) is 35.3 Å². The van der Waals surface area contributed by atoms with Crippen LogP contribution in [-0.2, 0) is 13.0 Å². The van der Waals surface area contributed by atoms with E-state index in [1.54, 1.807) is 0 Å². The number of hydrogen-bond acceptors (Lipinski definition) is 2. The van der Waals surface area contributed by atoms with Crippen LogP contribution >= 0.6 is 0 Å². The number of hydrogen-bond donors (Lipinski definition) is 1. The van der Waals surface area contributed by atoms with Crippen LogP contribution in [0, 0.1) is 0 Å². The Hall–Kier alpha value is -1.02. The molecule has 2 aliphatic rings. The molecule has 0 radical (unpaired) electrons. The molecule has 1 atom stereocenters. The first kappa shape index (κ1) is 13.0. The van der Waals surface area contributed by atoms with Gasteiger partial charge in [-0.3, -0.25) is 4.90 Å². The summed E-state index contributed by atoms with van der Waals surface area (Å²) in [6.45, 7) is 5.88. The molecule has 0 amide bonds. The maximum Gasteiger partial charge on any atom is 0.0373 e. The van der Waals surface area contributed by atoms with Crippen molar-refractivity contribution in [1.82, 2.24) is 4.90 Å². The molecule has 0 aliphatic carbocycles. The molecule has 19 heavy (non-hydrogen) atoms. The Bertz CT molecular complexity index is 427. The topological polar surface area (TPSA) is 15.3 Å². The van der Waals surface area contributed by atoms with Gasteiger partial charge in [-0.25, -0.2) is 0 Å². The summed E-state index contributed by atoms with van der Waals surface area (Å²) >= 11 is 0. The lowest BCUT2D eigenvalue weighted by Crippen LogP contribution is -2.33. The Balaban J connectivity index is 1.72. The molecule has 2 aliphatic heterocycles. The number of rotatable bonds is 3. The lowest BCUT2D eigenvalue weighted by Gasteiger charge is -2.29. The Kier molecular flexibility index (Phi) is 4.07. The fourth-order valence-corrected chi connectivity index (χ4v) is 3.60. The molecule has 2 nitrogen and oxygen atoms in total. The summed E-state index contributed by atoms with van der Waals surface area (Å²) in [7, 11) is 0. The minimum Gasteiger partial charge on any atom is -0.384 e. The normalized spacial score (nSPS) is 23.7. The van der Waals surface area contributed by atoms with Crippen molar-refractivity contribution in [2.75, 3.05) is 18.4 Å². The van der Waals surface area contributed by atoms with Crippen LogP contribution < -0.4 is 5.32 Å². The molecule has 0 spiro atoms. The van der Waals surface area contributed by atoms with Gasteiger partial charge in [-0.15, -0.1) is 0 Å². The fraction of sp³-hybridized carbons (Fsp3) is 0.647. The summed E-state index contributed by atoms with van der Waals surface area (Å²) in [5.41, 5.74) is 4.37. The first-order valence-electron chi connectivity index (χ1n) is 7.96. The highest BCUT2D eigenvalue weighted by Crippen LogP contribution is 2.26. The Morgan fingerprint density at radius 2 is 2.21 bits per heavy atom. The number of anilines is 1. The van der Waals surface area contributed by atoms with Gasteiger partial charge in [0.25, 0.3) is 0 Å². The highest BCUT2D eigenvalue weighted by molar-refractivity contribution is 5.56. The highest BCUT2D eigenvalue weighted by atomic mass is 15.2. The molecular weight excluding hydrogens is 232 g/mol. The fourth-order valence-electron chi connectivity index (χ4n) is 3.60. The second kappa shape index (κ2) is 5.96. The smallest absolute Gasteiger partial charge is 0.0373 e. The molecule has 2 heteroatoms. The molecule has 1 saturated heterocycles. The number of likely N-dealkylation sites (tertiary alicyclic amines) is 1. The largest absolute Gasteiger partial charge is 0.384 e. The number of nitrogens with one attached hydrogen (secondary N) is 1. The van der Waals surface area contributed by atoms with E-state index in [1.165, 1.54) is 61.9 Å². The van der Waals surface area contributed by atoms with Crippen molar-refractivity contribution < 1.29 is 0 Å². The molecule has 0 bridgehead atoms. The maximum absolute atomic E-state index is 3.45. The van der Waals surface area contributed by atoms with Crippen LogP contribution in [0.4, 0.5) is 5.69 Å². The predicted octanol–water partition coefficient (Wildman–Crippen LogP) is 3.81. The zero-order valence-corrected chi connectivity index (χ0v) is 12.1. The summed E-state index contributed by atoms with van der Waals surface area (Å²) in [4.78, 5) is 2.72. The van der Waals surface area contributed by atoms with Gasteiger partial charge in [-0.1, -0.05) is 31.9 Å². The summed E-state index contributed by atoms with van der Waals surface area (Å²) in [5, 5.41) is 3.45. The molecule has 2 heterocycles. The maximum atomic E-state index is 3.45. The van der Waals surface area contributed by atoms with Crippen molar-refractivity contribution >= 4 is 5.69 Å². The summed E-state index contributed by atoms with van der Waals surface area (Å²) in [6, 6.07) is 7.81. The lowest BCUT2D eigenvalue weighted by atomic mass is 10.0. The molecule has 1 unspecified atom stereocenters. The predicted molar refractivity (Wildman–Crippen MR) is 81.6 cm³/mol. The van der Waals surface area contributed by atoms with Gasteiger partial charge >= 0.3 is 0 Å². The molecular formula is C17H26N2. The molecule has 0 aromatic heterocycles. The third-order valence-electron chi connectivity index (χ3n) is 4.74. The average Bonchev–Trinajstić information content (AvgIpc) is 2.78. The van der Waals surface area contributed by atoms with Crippen molar-refractivity contribution in [3.8, 4) is 0 Å². The second-order valence-corrected chi connectivity index (χ2v) is 6.05. The van der Waals surface area contributed by atoms with Crippen LogP contribution in [0.3, 0.4) is 0 Å². The number of benzene rings is 1. The molecule has 1 N–H and O–H groups in total. The van der Waals surface area contributed by atoms with Crippen LogP contribution in [-0.4, -0.2) is 24.0 Å². The number of fused-ring (bicyclic) bond motifs is 1. The minimum absolute atomic E-state index is 0.800. The first-order chi connectivity index (χ1) is 9.36. The van der Waals surface area contributed by atoms with E-state index in [1.807, 2.05) is 0 Å². The van der Waals surface area contributed by atoms with Crippen LogP contribution in [0.25, 0.3) is 0 Å². The van der Waals surface area contributed by atoms with Gasteiger partial charge < -0.3 is 5.32 Å². The molecule has 1 aromatic rings. The standard InChI is InChI=1S/C17H26N2/c1-2-16-6-4-3-5-11-19(16)13-14-7-8-17-15(12-14)9-10-18-17/h7-8,12,16,18H,2-6,9-11,13H2,1H3. The van der Waals surface area contributed by atoms with E-state index >= 15 is 0 Å². The Morgan fingerprint density at radius 1 is 1.26 bits per heavy atom. The zero-order valence-electron chi connectivity index (χ0n) is 12.1. The average molecular weight is 258 g/mol. The van der Waals surface area contributed by atoms with Crippen LogP contribution in [0.5, 0.6) is 0 Å². The van der Waals surface area contributed by atoms with Crippen molar-refractivity contribution in [1.29, 1.82) is 0 Å². The monoisotopic (exact) mass is 258 g/mol. The zero-order chi connectivity index (χ0) is 13.1. The van der Waals surface area contributed by atoms with E-state index in [-0.39, 0.29) is 0 Å². The van der Waals surface area contributed by atoms with Gasteiger partial charge in [0, 0.05) is 24.8 Å². The summed E-state index contributed by atoms with van der Waals surface area (Å²) in [5.74, 6) is 0. The minimum atomic E-state index is 0.800. The van der Waals surface area contributed by atoms with Crippen molar-refractivity contribution in [2.45, 2.75) is 58.0 Å². The van der Waals surface area contributed by atoms with Crippen molar-refractivity contribution in [2.24, 2.45) is 0 Å². The molecule has 104 valence electrons. The molecule has 1 aromatic carbocycles. The van der Waals surface area contributed by atoms with E-state index in [0.717, 1.165) is 19.1 Å². The second-order valence-electron chi connectivity index (χ2n) is 6.05. The van der Waals surface area contributed by atoms with E-state index in [9.17, 15) is 0 Å². The van der Waals surface area contributed by atoms with Crippen molar-refractivity contribution in [3.05, 3.63) is 29.3 Å². The van der Waals surface area contributed by atoms with E-state index in [4.69, 9.17) is 0 Å². The van der Waals surface area contributed by atoms with Crippen molar-refractivity contribution in [3.63, 3.8) is 0 Å². The van der Waals surface area contributed by atoms with Crippen LogP contribution in [0.2, 0.25) is 0 Å². The van der Waals surface area contributed by atoms with Crippen LogP contribution in [0.15, 0.2) is 18.2 Å². The molecule has 1 fully saturated rings. The Labute approximate surface area is 117 Å². The first-order valence-corrected chi connectivity index (χ1v) is 7.96. The highest BCUT2D eigenvalue weighted by Gasteiger charge is 2.20. The third-order valence-corrected chi connectivity index (χ3v) is 4.74. The molecule has 0 saturated carbocycles. The SMILES string of the molecule is CCC1CCCCCN1Cc1ccc2c(c1)CCN2. The molecule has 3 rings (SSSR count). The van der Waals surface area contributed by atoms with Gasteiger partial charge in [0.15, 0.2) is 0 Å². The van der Waals surface area contributed by atoms with Gasteiger partial charge in [-0.05, 0) is 49.4 Å². The number of nitrogens with zero attached hydrogens (tertiary/aromatic N) is 1. The van der Waals surface area contributed by atoms with Crippen LogP contribution in [0.1, 0.15) is 50.2 Å². The Morgan fingerprint density at radius 3 is 3.11 bits per heavy atom.